The van der Waals surface area contributed by atoms with Crippen molar-refractivity contribution in [3.63, 3.8) is 0 Å². The Kier molecular flexibility index (Phi) is 2.49. The first-order valence-electron chi connectivity index (χ1n) is 4.94. The predicted octanol–water partition coefficient (Wildman–Crippen LogP) is 1.55. The highest BCUT2D eigenvalue weighted by Crippen LogP contribution is 2.29. The molecule has 1 amide bonds. The molecule has 1 aliphatic carbocycles. The number of carbonyl (C=O) groups is 2. The van der Waals surface area contributed by atoms with Gasteiger partial charge in [-0.15, -0.1) is 0 Å². The highest BCUT2D eigenvalue weighted by molar-refractivity contribution is 5.93. The molecule has 0 saturated heterocycles. The first-order valence-corrected chi connectivity index (χ1v) is 4.94. The molecule has 78 valence electrons. The van der Waals surface area contributed by atoms with Crippen LogP contribution in [0.1, 0.15) is 28.9 Å². The SMILES string of the molecule is Cc1cc(C=O)nc(NC(=O)C2CC2)c1. The Bertz CT molecular complexity index is 411. The minimum atomic E-state index is 0.00458. The second-order valence-corrected chi connectivity index (χ2v) is 3.84. The standard InChI is InChI=1S/C11H12N2O2/c1-7-4-9(6-14)12-10(5-7)13-11(15)8-2-3-8/h4-6,8H,2-3H2,1H3,(H,12,13,15). The Hall–Kier alpha value is -1.71. The lowest BCUT2D eigenvalue weighted by Crippen LogP contribution is -2.14. The average molecular weight is 204 g/mol. The van der Waals surface area contributed by atoms with Gasteiger partial charge in [-0.05, 0) is 37.5 Å². The molecule has 1 aromatic rings. The van der Waals surface area contributed by atoms with Gasteiger partial charge in [-0.2, -0.15) is 0 Å². The van der Waals surface area contributed by atoms with Crippen LogP contribution in [-0.4, -0.2) is 17.2 Å². The van der Waals surface area contributed by atoms with Gasteiger partial charge in [0.1, 0.15) is 11.5 Å². The average Bonchev–Trinajstić information content (AvgIpc) is 2.99. The Morgan fingerprint density at radius 1 is 1.53 bits per heavy atom. The van der Waals surface area contributed by atoms with Crippen molar-refractivity contribution in [1.29, 1.82) is 0 Å². The van der Waals surface area contributed by atoms with Crippen LogP contribution in [0.3, 0.4) is 0 Å². The summed E-state index contributed by atoms with van der Waals surface area (Å²) in [5.74, 6) is 0.617. The molecule has 1 aromatic heterocycles. The first-order chi connectivity index (χ1) is 7.19. The maximum atomic E-state index is 11.4. The van der Waals surface area contributed by atoms with Gasteiger partial charge < -0.3 is 5.32 Å². The van der Waals surface area contributed by atoms with Crippen LogP contribution < -0.4 is 5.32 Å². The second-order valence-electron chi connectivity index (χ2n) is 3.84. The molecule has 0 aromatic carbocycles. The van der Waals surface area contributed by atoms with E-state index >= 15 is 0 Å². The molecule has 15 heavy (non-hydrogen) atoms. The zero-order valence-electron chi connectivity index (χ0n) is 8.49. The number of aldehydes is 1. The van der Waals surface area contributed by atoms with E-state index in [1.165, 1.54) is 0 Å². The van der Waals surface area contributed by atoms with E-state index in [1.54, 1.807) is 12.1 Å². The van der Waals surface area contributed by atoms with Crippen LogP contribution in [0.5, 0.6) is 0 Å². The molecular weight excluding hydrogens is 192 g/mol. The number of anilines is 1. The van der Waals surface area contributed by atoms with Crippen molar-refractivity contribution in [2.24, 2.45) is 5.92 Å². The minimum Gasteiger partial charge on any atom is -0.310 e. The lowest BCUT2D eigenvalue weighted by atomic mass is 10.2. The van der Waals surface area contributed by atoms with Gasteiger partial charge >= 0.3 is 0 Å². The summed E-state index contributed by atoms with van der Waals surface area (Å²) < 4.78 is 0. The third-order valence-corrected chi connectivity index (χ3v) is 2.31. The molecule has 1 N–H and O–H groups in total. The summed E-state index contributed by atoms with van der Waals surface area (Å²) >= 11 is 0. The molecule has 4 nitrogen and oxygen atoms in total. The molecule has 0 atom stereocenters. The van der Waals surface area contributed by atoms with Gasteiger partial charge in [-0.1, -0.05) is 0 Å². The maximum Gasteiger partial charge on any atom is 0.228 e. The highest BCUT2D eigenvalue weighted by atomic mass is 16.2. The van der Waals surface area contributed by atoms with Gasteiger partial charge in [0.25, 0.3) is 0 Å². The minimum absolute atomic E-state index is 0.00458. The summed E-state index contributed by atoms with van der Waals surface area (Å²) in [6.45, 7) is 1.86. The summed E-state index contributed by atoms with van der Waals surface area (Å²) in [4.78, 5) is 26.0. The van der Waals surface area contributed by atoms with E-state index < -0.39 is 0 Å². The van der Waals surface area contributed by atoms with Gasteiger partial charge in [0, 0.05) is 5.92 Å². The van der Waals surface area contributed by atoms with Crippen LogP contribution in [0.2, 0.25) is 0 Å². The normalized spacial score (nSPS) is 14.7. The summed E-state index contributed by atoms with van der Waals surface area (Å²) in [7, 11) is 0. The quantitative estimate of drug-likeness (QED) is 0.760. The van der Waals surface area contributed by atoms with Crippen molar-refractivity contribution in [1.82, 2.24) is 4.98 Å². The van der Waals surface area contributed by atoms with Crippen LogP contribution in [0, 0.1) is 12.8 Å². The monoisotopic (exact) mass is 204 g/mol. The van der Waals surface area contributed by atoms with Gasteiger partial charge in [0.05, 0.1) is 0 Å². The largest absolute Gasteiger partial charge is 0.310 e. The molecule has 0 aliphatic heterocycles. The summed E-state index contributed by atoms with van der Waals surface area (Å²) in [5.41, 5.74) is 1.26. The molecular formula is C11H12N2O2. The molecule has 4 heteroatoms. The fraction of sp³-hybridized carbons (Fsp3) is 0.364. The van der Waals surface area contributed by atoms with Gasteiger partial charge in [0.15, 0.2) is 6.29 Å². The summed E-state index contributed by atoms with van der Waals surface area (Å²) in [6, 6.07) is 3.44. The third kappa shape index (κ3) is 2.40. The molecule has 1 saturated carbocycles. The molecule has 0 radical (unpaired) electrons. The molecule has 2 rings (SSSR count). The molecule has 1 aliphatic rings. The van der Waals surface area contributed by atoms with Crippen molar-refractivity contribution in [2.45, 2.75) is 19.8 Å². The second kappa shape index (κ2) is 3.81. The van der Waals surface area contributed by atoms with Crippen molar-refractivity contribution < 1.29 is 9.59 Å². The van der Waals surface area contributed by atoms with Crippen LogP contribution in [0.15, 0.2) is 12.1 Å². The van der Waals surface area contributed by atoms with Gasteiger partial charge in [-0.3, -0.25) is 9.59 Å². The number of carbonyl (C=O) groups excluding carboxylic acids is 2. The van der Waals surface area contributed by atoms with Crippen LogP contribution in [-0.2, 0) is 4.79 Å². The number of rotatable bonds is 3. The number of pyridine rings is 1. The zero-order chi connectivity index (χ0) is 10.8. The zero-order valence-corrected chi connectivity index (χ0v) is 8.49. The van der Waals surface area contributed by atoms with Crippen LogP contribution >= 0.6 is 0 Å². The summed E-state index contributed by atoms with van der Waals surface area (Å²) in [6.07, 6.45) is 2.59. The fourth-order valence-electron chi connectivity index (χ4n) is 1.39. The van der Waals surface area contributed by atoms with E-state index in [0.29, 0.717) is 17.8 Å². The topological polar surface area (TPSA) is 59.1 Å². The van der Waals surface area contributed by atoms with E-state index in [2.05, 4.69) is 10.3 Å². The van der Waals surface area contributed by atoms with Gasteiger partial charge in [-0.25, -0.2) is 4.98 Å². The predicted molar refractivity (Wildman–Crippen MR) is 55.7 cm³/mol. The van der Waals surface area contributed by atoms with Crippen LogP contribution in [0.4, 0.5) is 5.82 Å². The number of hydrogen-bond donors (Lipinski definition) is 1. The van der Waals surface area contributed by atoms with E-state index in [9.17, 15) is 9.59 Å². The number of aromatic nitrogens is 1. The van der Waals surface area contributed by atoms with Crippen molar-refractivity contribution in [3.05, 3.63) is 23.4 Å². The number of hydrogen-bond acceptors (Lipinski definition) is 3. The smallest absolute Gasteiger partial charge is 0.228 e. The number of nitrogens with zero attached hydrogens (tertiary/aromatic N) is 1. The van der Waals surface area contributed by atoms with Crippen molar-refractivity contribution in [3.8, 4) is 0 Å². The van der Waals surface area contributed by atoms with Gasteiger partial charge in [0.2, 0.25) is 5.91 Å². The Balaban J connectivity index is 2.15. The highest BCUT2D eigenvalue weighted by Gasteiger charge is 2.29. The Labute approximate surface area is 87.7 Å². The maximum absolute atomic E-state index is 11.4. The van der Waals surface area contributed by atoms with E-state index in [0.717, 1.165) is 18.4 Å². The molecule has 0 bridgehead atoms. The van der Waals surface area contributed by atoms with E-state index in [4.69, 9.17) is 0 Å². The first kappa shape index (κ1) is 9.83. The molecule has 1 fully saturated rings. The van der Waals surface area contributed by atoms with E-state index in [1.807, 2.05) is 6.92 Å². The number of amides is 1. The van der Waals surface area contributed by atoms with Crippen molar-refractivity contribution >= 4 is 18.0 Å². The molecule has 0 unspecified atom stereocenters. The molecule has 1 heterocycles. The Morgan fingerprint density at radius 2 is 2.27 bits per heavy atom. The fourth-order valence-corrected chi connectivity index (χ4v) is 1.39. The third-order valence-electron chi connectivity index (χ3n) is 2.31. The lowest BCUT2D eigenvalue weighted by Gasteiger charge is -2.04. The van der Waals surface area contributed by atoms with E-state index in [-0.39, 0.29) is 11.8 Å². The molecule has 0 spiro atoms. The van der Waals surface area contributed by atoms with Crippen molar-refractivity contribution in [2.75, 3.05) is 5.32 Å². The summed E-state index contributed by atoms with van der Waals surface area (Å²) in [5, 5.41) is 2.71. The number of nitrogens with one attached hydrogen (secondary N) is 1. The Morgan fingerprint density at radius 3 is 2.87 bits per heavy atom. The van der Waals surface area contributed by atoms with Crippen LogP contribution in [0.25, 0.3) is 0 Å². The lowest BCUT2D eigenvalue weighted by molar-refractivity contribution is -0.117. The number of aryl methyl sites for hydroxylation is 1.